The van der Waals surface area contributed by atoms with Gasteiger partial charge in [0.2, 0.25) is 0 Å². The molecule has 1 saturated heterocycles. The zero-order valence-electron chi connectivity index (χ0n) is 13.6. The quantitative estimate of drug-likeness (QED) is 0.651. The van der Waals surface area contributed by atoms with Gasteiger partial charge in [0.25, 0.3) is 11.6 Å². The van der Waals surface area contributed by atoms with Gasteiger partial charge in [0.1, 0.15) is 5.69 Å². The molecular formula is C17H23N3O4. The number of hydrogen-bond donors (Lipinski definition) is 2. The van der Waals surface area contributed by atoms with Gasteiger partial charge in [-0.15, -0.1) is 0 Å². The van der Waals surface area contributed by atoms with E-state index in [-0.39, 0.29) is 23.2 Å². The van der Waals surface area contributed by atoms with E-state index in [0.717, 1.165) is 45.2 Å². The number of carbonyl (C=O) groups excluding carboxylic acids is 1. The molecule has 2 fully saturated rings. The van der Waals surface area contributed by atoms with Gasteiger partial charge in [0.05, 0.1) is 17.1 Å². The Bertz CT molecular complexity index is 628. The summed E-state index contributed by atoms with van der Waals surface area (Å²) in [6, 6.07) is 4.36. The van der Waals surface area contributed by atoms with E-state index >= 15 is 0 Å². The average molecular weight is 333 g/mol. The van der Waals surface area contributed by atoms with Crippen LogP contribution in [0.3, 0.4) is 0 Å². The van der Waals surface area contributed by atoms with Crippen molar-refractivity contribution in [3.8, 4) is 0 Å². The number of nitrogens with zero attached hydrogens (tertiary/aromatic N) is 2. The van der Waals surface area contributed by atoms with Crippen molar-refractivity contribution >= 4 is 17.3 Å². The number of aliphatic hydroxyl groups is 1. The molecule has 2 aliphatic rings. The second-order valence-electron chi connectivity index (χ2n) is 6.59. The number of nitro groups is 1. The Morgan fingerprint density at radius 2 is 1.92 bits per heavy atom. The van der Waals surface area contributed by atoms with Gasteiger partial charge in [-0.2, -0.15) is 0 Å². The predicted octanol–water partition coefficient (Wildman–Crippen LogP) is 2.23. The molecule has 7 heteroatoms. The van der Waals surface area contributed by atoms with Crippen LogP contribution in [0.2, 0.25) is 0 Å². The Kier molecular flexibility index (Phi) is 4.99. The summed E-state index contributed by atoms with van der Waals surface area (Å²) in [5, 5.41) is 24.2. The lowest BCUT2D eigenvalue weighted by molar-refractivity contribution is -0.384. The van der Waals surface area contributed by atoms with Gasteiger partial charge in [0.15, 0.2) is 0 Å². The van der Waals surface area contributed by atoms with Crippen LogP contribution in [0.5, 0.6) is 0 Å². The summed E-state index contributed by atoms with van der Waals surface area (Å²) in [6.45, 7) is 1.61. The van der Waals surface area contributed by atoms with Crippen LogP contribution in [-0.4, -0.2) is 41.2 Å². The summed E-state index contributed by atoms with van der Waals surface area (Å²) in [4.78, 5) is 25.4. The van der Waals surface area contributed by atoms with Gasteiger partial charge in [-0.25, -0.2) is 0 Å². The Morgan fingerprint density at radius 1 is 1.21 bits per heavy atom. The van der Waals surface area contributed by atoms with Gasteiger partial charge in [-0.05, 0) is 37.8 Å². The number of nitro benzene ring substituents is 1. The number of anilines is 1. The fraction of sp³-hybridized carbons (Fsp3) is 0.588. The van der Waals surface area contributed by atoms with Crippen molar-refractivity contribution in [3.05, 3.63) is 33.9 Å². The summed E-state index contributed by atoms with van der Waals surface area (Å²) < 4.78 is 0. The van der Waals surface area contributed by atoms with Gasteiger partial charge >= 0.3 is 0 Å². The molecule has 1 aromatic rings. The molecule has 24 heavy (non-hydrogen) atoms. The summed E-state index contributed by atoms with van der Waals surface area (Å²) in [5.74, 6) is -0.364. The van der Waals surface area contributed by atoms with Crippen LogP contribution >= 0.6 is 0 Å². The molecule has 0 radical (unpaired) electrons. The summed E-state index contributed by atoms with van der Waals surface area (Å²) in [7, 11) is 0. The molecule has 7 nitrogen and oxygen atoms in total. The van der Waals surface area contributed by atoms with Crippen molar-refractivity contribution in [1.82, 2.24) is 5.32 Å². The van der Waals surface area contributed by atoms with Crippen LogP contribution < -0.4 is 10.2 Å². The van der Waals surface area contributed by atoms with Crippen LogP contribution in [0.4, 0.5) is 11.4 Å². The minimum Gasteiger partial charge on any atom is -0.391 e. The van der Waals surface area contributed by atoms with Crippen molar-refractivity contribution in [3.63, 3.8) is 0 Å². The van der Waals surface area contributed by atoms with Crippen LogP contribution in [0.25, 0.3) is 0 Å². The first-order valence-corrected chi connectivity index (χ1v) is 8.58. The summed E-state index contributed by atoms with van der Waals surface area (Å²) >= 11 is 0. The van der Waals surface area contributed by atoms with E-state index in [1.807, 2.05) is 4.90 Å². The molecule has 130 valence electrons. The fourth-order valence-corrected chi connectivity index (χ4v) is 3.57. The number of amides is 1. The lowest BCUT2D eigenvalue weighted by Gasteiger charge is -2.28. The monoisotopic (exact) mass is 333 g/mol. The third kappa shape index (κ3) is 3.51. The molecule has 1 aromatic carbocycles. The number of benzene rings is 1. The van der Waals surface area contributed by atoms with Crippen LogP contribution in [0.1, 0.15) is 48.9 Å². The fourth-order valence-electron chi connectivity index (χ4n) is 3.57. The maximum Gasteiger partial charge on any atom is 0.293 e. The molecule has 1 saturated carbocycles. The van der Waals surface area contributed by atoms with E-state index in [0.29, 0.717) is 12.1 Å². The van der Waals surface area contributed by atoms with E-state index in [1.54, 1.807) is 12.1 Å². The predicted molar refractivity (Wildman–Crippen MR) is 90.3 cm³/mol. The van der Waals surface area contributed by atoms with Crippen molar-refractivity contribution in [2.45, 2.75) is 50.7 Å². The van der Waals surface area contributed by atoms with Crippen LogP contribution in [-0.2, 0) is 0 Å². The summed E-state index contributed by atoms with van der Waals surface area (Å²) in [6.07, 6.45) is 4.86. The van der Waals surface area contributed by atoms with Crippen molar-refractivity contribution < 1.29 is 14.8 Å². The van der Waals surface area contributed by atoms with Crippen LogP contribution in [0.15, 0.2) is 18.2 Å². The number of carbonyl (C=O) groups is 1. The zero-order chi connectivity index (χ0) is 17.1. The van der Waals surface area contributed by atoms with E-state index in [4.69, 9.17) is 0 Å². The van der Waals surface area contributed by atoms with Crippen molar-refractivity contribution in [1.29, 1.82) is 0 Å². The van der Waals surface area contributed by atoms with Gasteiger partial charge in [-0.1, -0.05) is 12.8 Å². The second kappa shape index (κ2) is 7.17. The lowest BCUT2D eigenvalue weighted by atomic mass is 9.92. The minimum atomic E-state index is -0.540. The summed E-state index contributed by atoms with van der Waals surface area (Å²) in [5.41, 5.74) is 0.808. The topological polar surface area (TPSA) is 95.7 Å². The first kappa shape index (κ1) is 16.7. The molecule has 3 rings (SSSR count). The highest BCUT2D eigenvalue weighted by Crippen LogP contribution is 2.31. The highest BCUT2D eigenvalue weighted by Gasteiger charge is 2.27. The third-order valence-corrected chi connectivity index (χ3v) is 4.93. The van der Waals surface area contributed by atoms with E-state index in [2.05, 4.69) is 5.32 Å². The first-order valence-electron chi connectivity index (χ1n) is 8.58. The average Bonchev–Trinajstić information content (AvgIpc) is 3.10. The molecule has 0 spiro atoms. The number of aliphatic hydroxyl groups excluding tert-OH is 1. The van der Waals surface area contributed by atoms with E-state index in [9.17, 15) is 20.0 Å². The van der Waals surface area contributed by atoms with Crippen LogP contribution in [0, 0.1) is 10.1 Å². The largest absolute Gasteiger partial charge is 0.391 e. The SMILES string of the molecule is O=C(NC1CCCCC1O)c1ccc(N2CCCC2)c([N+](=O)[O-])c1. The molecular weight excluding hydrogens is 310 g/mol. The van der Waals surface area contributed by atoms with Gasteiger partial charge < -0.3 is 15.3 Å². The van der Waals surface area contributed by atoms with Crippen molar-refractivity contribution in [2.24, 2.45) is 0 Å². The van der Waals surface area contributed by atoms with E-state index in [1.165, 1.54) is 6.07 Å². The van der Waals surface area contributed by atoms with Gasteiger partial charge in [-0.3, -0.25) is 14.9 Å². The molecule has 1 aliphatic heterocycles. The smallest absolute Gasteiger partial charge is 0.293 e. The Hall–Kier alpha value is -2.15. The van der Waals surface area contributed by atoms with Crippen molar-refractivity contribution in [2.75, 3.05) is 18.0 Å². The normalized spacial score (nSPS) is 24.0. The molecule has 0 bridgehead atoms. The first-order chi connectivity index (χ1) is 11.6. The maximum absolute atomic E-state index is 12.4. The molecule has 1 heterocycles. The molecule has 2 unspecified atom stereocenters. The maximum atomic E-state index is 12.4. The Morgan fingerprint density at radius 3 is 2.58 bits per heavy atom. The second-order valence-corrected chi connectivity index (χ2v) is 6.59. The molecule has 2 atom stereocenters. The minimum absolute atomic E-state index is 0.0336. The zero-order valence-corrected chi connectivity index (χ0v) is 13.6. The Labute approximate surface area is 140 Å². The highest BCUT2D eigenvalue weighted by molar-refractivity contribution is 5.96. The third-order valence-electron chi connectivity index (χ3n) is 4.93. The molecule has 2 N–H and O–H groups in total. The molecule has 0 aromatic heterocycles. The highest BCUT2D eigenvalue weighted by atomic mass is 16.6. The lowest BCUT2D eigenvalue weighted by Crippen LogP contribution is -2.45. The number of hydrogen-bond acceptors (Lipinski definition) is 5. The number of nitrogens with one attached hydrogen (secondary N) is 1. The standard InChI is InChI=1S/C17H23N3O4/c21-16-6-2-1-5-13(16)18-17(22)12-7-8-14(15(11-12)20(23)24)19-9-3-4-10-19/h7-8,11,13,16,21H,1-6,9-10H2,(H,18,22). The Balaban J connectivity index is 1.78. The van der Waals surface area contributed by atoms with Gasteiger partial charge in [0, 0.05) is 24.7 Å². The van der Waals surface area contributed by atoms with E-state index < -0.39 is 11.0 Å². The molecule has 1 amide bonds. The molecule has 1 aliphatic carbocycles. The number of rotatable bonds is 4.